The third-order valence-corrected chi connectivity index (χ3v) is 6.08. The van der Waals surface area contributed by atoms with Crippen molar-refractivity contribution in [2.24, 2.45) is 5.73 Å². The van der Waals surface area contributed by atoms with E-state index >= 15 is 0 Å². The zero-order valence-corrected chi connectivity index (χ0v) is 16.9. The molecule has 158 valence electrons. The number of methoxy groups -OCH3 is 1. The van der Waals surface area contributed by atoms with Crippen LogP contribution in [-0.2, 0) is 6.61 Å². The fraction of sp³-hybridized carbons (Fsp3) is 0.409. The van der Waals surface area contributed by atoms with Gasteiger partial charge >= 0.3 is 0 Å². The molecule has 2 amide bonds. The normalized spacial score (nSPS) is 22.6. The van der Waals surface area contributed by atoms with Crippen LogP contribution in [-0.4, -0.2) is 47.1 Å². The summed E-state index contributed by atoms with van der Waals surface area (Å²) in [6.45, 7) is -0.138. The third-order valence-electron chi connectivity index (χ3n) is 6.08. The van der Waals surface area contributed by atoms with Gasteiger partial charge in [-0.1, -0.05) is 6.07 Å². The maximum atomic E-state index is 12.8. The number of hydrogen-bond donors (Lipinski definition) is 3. The highest BCUT2D eigenvalue weighted by molar-refractivity contribution is 5.95. The SMILES string of the molecule is COc1cc(C(=O)NC2C[C@H]3CC[C@@H](C2)N3c2ccc(C(N)=O)cn2)ccc1CO. The quantitative estimate of drug-likeness (QED) is 0.666. The Morgan fingerprint density at radius 1 is 1.20 bits per heavy atom. The van der Waals surface area contributed by atoms with Gasteiger partial charge in [0.25, 0.3) is 5.91 Å². The molecular weight excluding hydrogens is 384 g/mol. The number of aliphatic hydroxyl groups excluding tert-OH is 1. The molecule has 0 radical (unpaired) electrons. The lowest BCUT2D eigenvalue weighted by molar-refractivity contribution is 0.0925. The van der Waals surface area contributed by atoms with Crippen molar-refractivity contribution in [3.8, 4) is 5.75 Å². The van der Waals surface area contributed by atoms with Gasteiger partial charge in [-0.3, -0.25) is 9.59 Å². The molecule has 1 aromatic heterocycles. The summed E-state index contributed by atoms with van der Waals surface area (Å²) in [5, 5.41) is 12.5. The van der Waals surface area contributed by atoms with Crippen molar-refractivity contribution >= 4 is 17.6 Å². The van der Waals surface area contributed by atoms with E-state index in [-0.39, 0.29) is 18.6 Å². The molecule has 4 rings (SSSR count). The van der Waals surface area contributed by atoms with Gasteiger partial charge in [-0.15, -0.1) is 0 Å². The van der Waals surface area contributed by atoms with Gasteiger partial charge in [0.15, 0.2) is 0 Å². The van der Waals surface area contributed by atoms with E-state index < -0.39 is 5.91 Å². The number of pyridine rings is 1. The van der Waals surface area contributed by atoms with Crippen molar-refractivity contribution in [3.05, 3.63) is 53.2 Å². The number of nitrogens with one attached hydrogen (secondary N) is 1. The maximum absolute atomic E-state index is 12.8. The predicted octanol–water partition coefficient (Wildman–Crippen LogP) is 1.61. The molecule has 2 bridgehead atoms. The highest BCUT2D eigenvalue weighted by Gasteiger charge is 2.41. The van der Waals surface area contributed by atoms with E-state index in [1.54, 1.807) is 24.3 Å². The van der Waals surface area contributed by atoms with E-state index in [9.17, 15) is 14.7 Å². The van der Waals surface area contributed by atoms with Crippen LogP contribution in [0.5, 0.6) is 5.75 Å². The zero-order chi connectivity index (χ0) is 21.3. The number of aromatic nitrogens is 1. The molecule has 3 heterocycles. The monoisotopic (exact) mass is 410 g/mol. The first-order chi connectivity index (χ1) is 14.5. The van der Waals surface area contributed by atoms with E-state index in [2.05, 4.69) is 15.2 Å². The summed E-state index contributed by atoms with van der Waals surface area (Å²) in [5.41, 5.74) is 6.87. The second kappa shape index (κ2) is 8.31. The van der Waals surface area contributed by atoms with Crippen molar-refractivity contribution in [1.82, 2.24) is 10.3 Å². The highest BCUT2D eigenvalue weighted by atomic mass is 16.5. The summed E-state index contributed by atoms with van der Waals surface area (Å²) >= 11 is 0. The summed E-state index contributed by atoms with van der Waals surface area (Å²) in [6, 6.07) is 9.31. The first-order valence-electron chi connectivity index (χ1n) is 10.1. The van der Waals surface area contributed by atoms with Crippen LogP contribution >= 0.6 is 0 Å². The Kier molecular flexibility index (Phi) is 5.59. The molecule has 0 aliphatic carbocycles. The molecular formula is C22H26N4O4. The number of piperidine rings is 1. The molecule has 2 aliphatic heterocycles. The number of benzene rings is 1. The zero-order valence-electron chi connectivity index (χ0n) is 16.9. The summed E-state index contributed by atoms with van der Waals surface area (Å²) in [6.07, 6.45) is 5.31. The number of ether oxygens (including phenoxy) is 1. The van der Waals surface area contributed by atoms with E-state index in [4.69, 9.17) is 10.5 Å². The van der Waals surface area contributed by atoms with Gasteiger partial charge < -0.3 is 25.8 Å². The molecule has 1 aromatic carbocycles. The molecule has 1 unspecified atom stereocenters. The lowest BCUT2D eigenvalue weighted by Crippen LogP contribution is -2.50. The van der Waals surface area contributed by atoms with Gasteiger partial charge in [-0.25, -0.2) is 4.98 Å². The number of carbonyl (C=O) groups excluding carboxylic acids is 2. The van der Waals surface area contributed by atoms with Gasteiger partial charge in [-0.2, -0.15) is 0 Å². The molecule has 4 N–H and O–H groups in total. The highest BCUT2D eigenvalue weighted by Crippen LogP contribution is 2.38. The lowest BCUT2D eigenvalue weighted by atomic mass is 9.96. The number of nitrogens with zero attached hydrogens (tertiary/aromatic N) is 2. The van der Waals surface area contributed by atoms with E-state index in [1.807, 2.05) is 6.07 Å². The number of nitrogens with two attached hydrogens (primary N) is 1. The van der Waals surface area contributed by atoms with E-state index in [1.165, 1.54) is 13.3 Å². The minimum absolute atomic E-state index is 0.0830. The van der Waals surface area contributed by atoms with Crippen molar-refractivity contribution in [3.63, 3.8) is 0 Å². The largest absolute Gasteiger partial charge is 0.496 e. The Morgan fingerprint density at radius 2 is 1.90 bits per heavy atom. The number of carbonyl (C=O) groups is 2. The van der Waals surface area contributed by atoms with Crippen molar-refractivity contribution in [2.45, 2.75) is 50.4 Å². The van der Waals surface area contributed by atoms with Crippen LogP contribution in [0.1, 0.15) is 52.0 Å². The van der Waals surface area contributed by atoms with E-state index in [0.717, 1.165) is 31.5 Å². The number of amides is 2. The minimum Gasteiger partial charge on any atom is -0.496 e. The number of hydrogen-bond acceptors (Lipinski definition) is 6. The minimum atomic E-state index is -0.484. The Balaban J connectivity index is 1.43. The van der Waals surface area contributed by atoms with Crippen molar-refractivity contribution < 1.29 is 19.4 Å². The smallest absolute Gasteiger partial charge is 0.251 e. The fourth-order valence-corrected chi connectivity index (χ4v) is 4.64. The van der Waals surface area contributed by atoms with Crippen LogP contribution in [0, 0.1) is 0 Å². The number of primary amides is 1. The average Bonchev–Trinajstić information content (AvgIpc) is 3.03. The van der Waals surface area contributed by atoms with Gasteiger partial charge in [0.1, 0.15) is 11.6 Å². The molecule has 8 heteroatoms. The Morgan fingerprint density at radius 3 is 2.47 bits per heavy atom. The molecule has 0 saturated carbocycles. The summed E-state index contributed by atoms with van der Waals surface area (Å²) < 4.78 is 5.26. The number of aliphatic hydroxyl groups is 1. The van der Waals surface area contributed by atoms with Crippen molar-refractivity contribution in [2.75, 3.05) is 12.0 Å². The second-order valence-corrected chi connectivity index (χ2v) is 7.89. The summed E-state index contributed by atoms with van der Waals surface area (Å²) in [7, 11) is 1.52. The Bertz CT molecular complexity index is 933. The molecule has 2 aromatic rings. The second-order valence-electron chi connectivity index (χ2n) is 7.89. The van der Waals surface area contributed by atoms with Gasteiger partial charge in [-0.05, 0) is 49.9 Å². The molecule has 2 fully saturated rings. The van der Waals surface area contributed by atoms with Crippen LogP contribution in [0.4, 0.5) is 5.82 Å². The topological polar surface area (TPSA) is 118 Å². The predicted molar refractivity (Wildman–Crippen MR) is 111 cm³/mol. The first kappa shape index (κ1) is 20.2. The van der Waals surface area contributed by atoms with Gasteiger partial charge in [0.05, 0.1) is 19.3 Å². The third kappa shape index (κ3) is 3.82. The first-order valence-corrected chi connectivity index (χ1v) is 10.1. The number of rotatable bonds is 6. The van der Waals surface area contributed by atoms with Crippen LogP contribution in [0.15, 0.2) is 36.5 Å². The average molecular weight is 410 g/mol. The van der Waals surface area contributed by atoms with E-state index in [0.29, 0.717) is 34.5 Å². The van der Waals surface area contributed by atoms with Gasteiger partial charge in [0.2, 0.25) is 5.91 Å². The van der Waals surface area contributed by atoms with Crippen LogP contribution in [0.2, 0.25) is 0 Å². The molecule has 30 heavy (non-hydrogen) atoms. The van der Waals surface area contributed by atoms with Crippen molar-refractivity contribution in [1.29, 1.82) is 0 Å². The Hall–Kier alpha value is -3.13. The Labute approximate surface area is 175 Å². The molecule has 8 nitrogen and oxygen atoms in total. The maximum Gasteiger partial charge on any atom is 0.251 e. The van der Waals surface area contributed by atoms with Crippen LogP contribution in [0.3, 0.4) is 0 Å². The molecule has 0 spiro atoms. The summed E-state index contributed by atoms with van der Waals surface area (Å²) in [4.78, 5) is 30.8. The van der Waals surface area contributed by atoms with Crippen LogP contribution in [0.25, 0.3) is 0 Å². The molecule has 3 atom stereocenters. The standard InChI is InChI=1S/C22H26N4O4/c1-30-19-8-13(2-3-15(19)12-27)22(29)25-16-9-17-5-6-18(10-16)26(17)20-7-4-14(11-24-20)21(23)28/h2-4,7-8,11,16-18,27H,5-6,9-10,12H2,1H3,(H2,23,28)(H,25,29)/t16?,17-,18+. The van der Waals surface area contributed by atoms with Crippen LogP contribution < -0.4 is 20.7 Å². The lowest BCUT2D eigenvalue weighted by Gasteiger charge is -2.40. The number of fused-ring (bicyclic) bond motifs is 2. The number of anilines is 1. The fourth-order valence-electron chi connectivity index (χ4n) is 4.64. The molecule has 2 aliphatic rings. The molecule has 2 saturated heterocycles. The van der Waals surface area contributed by atoms with Gasteiger partial charge in [0, 0.05) is 35.4 Å². The summed E-state index contributed by atoms with van der Waals surface area (Å²) in [5.74, 6) is 0.730.